The Morgan fingerprint density at radius 2 is 2.38 bits per heavy atom. The van der Waals surface area contributed by atoms with Crippen LogP contribution in [-0.4, -0.2) is 29.0 Å². The maximum Gasteiger partial charge on any atom is 0.159 e. The maximum atomic E-state index is 10.3. The summed E-state index contributed by atoms with van der Waals surface area (Å²) in [7, 11) is 0. The van der Waals surface area contributed by atoms with Crippen LogP contribution in [0.5, 0.6) is 0 Å². The van der Waals surface area contributed by atoms with Gasteiger partial charge in [0.15, 0.2) is 5.78 Å². The molecule has 0 aromatic heterocycles. The molecule has 0 saturated carbocycles. The number of hydrogen-bond donors (Lipinski definition) is 1. The zero-order chi connectivity index (χ0) is 6.57. The van der Waals surface area contributed by atoms with Crippen molar-refractivity contribution in [2.75, 3.05) is 12.0 Å². The molecular formula is C5H10O2S. The summed E-state index contributed by atoms with van der Waals surface area (Å²) in [4.78, 5) is 10.3. The summed E-state index contributed by atoms with van der Waals surface area (Å²) >= 11 is 1.47. The molecule has 0 aromatic carbocycles. The first-order chi connectivity index (χ1) is 3.68. The van der Waals surface area contributed by atoms with E-state index in [9.17, 15) is 4.79 Å². The van der Waals surface area contributed by atoms with Crippen molar-refractivity contribution in [1.29, 1.82) is 0 Å². The van der Waals surface area contributed by atoms with Crippen LogP contribution in [-0.2, 0) is 4.79 Å². The van der Waals surface area contributed by atoms with Crippen molar-refractivity contribution in [3.63, 3.8) is 0 Å². The Balaban J connectivity index is 3.32. The van der Waals surface area contributed by atoms with E-state index in [-0.39, 0.29) is 5.78 Å². The van der Waals surface area contributed by atoms with E-state index in [4.69, 9.17) is 5.11 Å². The van der Waals surface area contributed by atoms with Gasteiger partial charge in [0.05, 0.1) is 0 Å². The van der Waals surface area contributed by atoms with Gasteiger partial charge in [0.2, 0.25) is 0 Å². The van der Waals surface area contributed by atoms with Gasteiger partial charge in [0.1, 0.15) is 6.10 Å². The molecule has 0 aliphatic carbocycles. The first kappa shape index (κ1) is 7.98. The van der Waals surface area contributed by atoms with Gasteiger partial charge < -0.3 is 5.11 Å². The Bertz CT molecular complexity index is 82.5. The lowest BCUT2D eigenvalue weighted by atomic mass is 10.3. The van der Waals surface area contributed by atoms with Gasteiger partial charge in [-0.25, -0.2) is 0 Å². The fourth-order valence-electron chi connectivity index (χ4n) is 0.275. The van der Waals surface area contributed by atoms with Crippen LogP contribution in [0.25, 0.3) is 0 Å². The van der Waals surface area contributed by atoms with Gasteiger partial charge in [-0.2, -0.15) is 11.8 Å². The lowest BCUT2D eigenvalue weighted by Gasteiger charge is -2.00. The summed E-state index contributed by atoms with van der Waals surface area (Å²) in [5.41, 5.74) is 0. The van der Waals surface area contributed by atoms with Crippen LogP contribution in [0.1, 0.15) is 6.92 Å². The molecule has 1 N–H and O–H groups in total. The summed E-state index contributed by atoms with van der Waals surface area (Å²) in [5.74, 6) is 0.356. The molecule has 0 saturated heterocycles. The monoisotopic (exact) mass is 134 g/mol. The molecular weight excluding hydrogens is 124 g/mol. The van der Waals surface area contributed by atoms with E-state index in [1.54, 1.807) is 0 Å². The van der Waals surface area contributed by atoms with Crippen molar-refractivity contribution in [3.8, 4) is 0 Å². The lowest BCUT2D eigenvalue weighted by molar-refractivity contribution is -0.123. The van der Waals surface area contributed by atoms with Gasteiger partial charge in [-0.05, 0) is 13.2 Å². The Morgan fingerprint density at radius 1 is 1.88 bits per heavy atom. The van der Waals surface area contributed by atoms with Crippen molar-refractivity contribution in [2.45, 2.75) is 13.0 Å². The lowest BCUT2D eigenvalue weighted by Crippen LogP contribution is -2.19. The average molecular weight is 134 g/mol. The van der Waals surface area contributed by atoms with Crippen LogP contribution in [0.2, 0.25) is 0 Å². The number of carbonyl (C=O) groups is 1. The van der Waals surface area contributed by atoms with Crippen LogP contribution in [0, 0.1) is 0 Å². The third-order valence-electron chi connectivity index (χ3n) is 0.794. The van der Waals surface area contributed by atoms with E-state index in [0.29, 0.717) is 5.75 Å². The molecule has 8 heavy (non-hydrogen) atoms. The molecule has 0 aromatic rings. The zero-order valence-corrected chi connectivity index (χ0v) is 5.86. The summed E-state index contributed by atoms with van der Waals surface area (Å²) < 4.78 is 0. The Labute approximate surface area is 53.3 Å². The van der Waals surface area contributed by atoms with Gasteiger partial charge in [-0.15, -0.1) is 0 Å². The minimum atomic E-state index is -0.759. The third-order valence-corrected chi connectivity index (χ3v) is 1.44. The minimum Gasteiger partial charge on any atom is -0.384 e. The fraction of sp³-hybridized carbons (Fsp3) is 0.800. The highest BCUT2D eigenvalue weighted by atomic mass is 32.2. The number of Topliss-reactive ketones (excluding diaryl/α,β-unsaturated/α-hetero) is 1. The van der Waals surface area contributed by atoms with Crippen molar-refractivity contribution < 1.29 is 9.90 Å². The second kappa shape index (κ2) is 3.92. The molecule has 0 radical (unpaired) electrons. The standard InChI is InChI=1S/C5H10O2S/c1-4(6)5(7)3-8-2/h5,7H,3H2,1-2H3. The van der Waals surface area contributed by atoms with Gasteiger partial charge in [-0.1, -0.05) is 0 Å². The quantitative estimate of drug-likeness (QED) is 0.603. The zero-order valence-electron chi connectivity index (χ0n) is 5.05. The second-order valence-electron chi connectivity index (χ2n) is 1.58. The highest BCUT2D eigenvalue weighted by Crippen LogP contribution is 1.96. The first-order valence-corrected chi connectivity index (χ1v) is 3.75. The van der Waals surface area contributed by atoms with E-state index >= 15 is 0 Å². The van der Waals surface area contributed by atoms with Gasteiger partial charge in [0, 0.05) is 5.75 Å². The van der Waals surface area contributed by atoms with E-state index in [2.05, 4.69) is 0 Å². The highest BCUT2D eigenvalue weighted by molar-refractivity contribution is 7.98. The van der Waals surface area contributed by atoms with E-state index in [1.165, 1.54) is 18.7 Å². The Morgan fingerprint density at radius 3 is 2.50 bits per heavy atom. The van der Waals surface area contributed by atoms with E-state index < -0.39 is 6.10 Å². The molecule has 0 bridgehead atoms. The molecule has 0 spiro atoms. The normalized spacial score (nSPS) is 13.4. The largest absolute Gasteiger partial charge is 0.384 e. The van der Waals surface area contributed by atoms with Crippen LogP contribution >= 0.6 is 11.8 Å². The molecule has 2 nitrogen and oxygen atoms in total. The Kier molecular flexibility index (Phi) is 3.91. The first-order valence-electron chi connectivity index (χ1n) is 2.36. The molecule has 0 fully saturated rings. The summed E-state index contributed by atoms with van der Waals surface area (Å²) in [6.45, 7) is 1.39. The molecule has 48 valence electrons. The van der Waals surface area contributed by atoms with Crippen LogP contribution in [0.15, 0.2) is 0 Å². The second-order valence-corrected chi connectivity index (χ2v) is 2.49. The van der Waals surface area contributed by atoms with Crippen LogP contribution in [0.4, 0.5) is 0 Å². The van der Waals surface area contributed by atoms with Crippen LogP contribution < -0.4 is 0 Å². The predicted molar refractivity (Wildman–Crippen MR) is 35.1 cm³/mol. The van der Waals surface area contributed by atoms with E-state index in [0.717, 1.165) is 0 Å². The fourth-order valence-corrected chi connectivity index (χ4v) is 0.826. The number of ketones is 1. The summed E-state index contributed by atoms with van der Waals surface area (Å²) in [6.07, 6.45) is 1.09. The number of carbonyl (C=O) groups excluding carboxylic acids is 1. The van der Waals surface area contributed by atoms with Gasteiger partial charge >= 0.3 is 0 Å². The molecule has 0 amide bonds. The number of aliphatic hydroxyl groups is 1. The van der Waals surface area contributed by atoms with Crippen molar-refractivity contribution in [2.24, 2.45) is 0 Å². The van der Waals surface area contributed by atoms with E-state index in [1.807, 2.05) is 6.26 Å². The molecule has 3 heteroatoms. The summed E-state index contributed by atoms with van der Waals surface area (Å²) in [5, 5.41) is 8.76. The van der Waals surface area contributed by atoms with Gasteiger partial charge in [-0.3, -0.25) is 4.79 Å². The minimum absolute atomic E-state index is 0.153. The number of hydrogen-bond acceptors (Lipinski definition) is 3. The third kappa shape index (κ3) is 3.04. The smallest absolute Gasteiger partial charge is 0.159 e. The van der Waals surface area contributed by atoms with Crippen LogP contribution in [0.3, 0.4) is 0 Å². The molecule has 1 unspecified atom stereocenters. The average Bonchev–Trinajstić information content (AvgIpc) is 1.67. The highest BCUT2D eigenvalue weighted by Gasteiger charge is 2.06. The molecule has 1 atom stereocenters. The van der Waals surface area contributed by atoms with Crippen molar-refractivity contribution >= 4 is 17.5 Å². The van der Waals surface area contributed by atoms with Gasteiger partial charge in [0.25, 0.3) is 0 Å². The molecule has 0 rings (SSSR count). The molecule has 0 heterocycles. The number of rotatable bonds is 3. The van der Waals surface area contributed by atoms with Crippen molar-refractivity contribution in [3.05, 3.63) is 0 Å². The molecule has 0 aliphatic rings. The SMILES string of the molecule is CSCC(O)C(C)=O. The number of aliphatic hydroxyl groups excluding tert-OH is 1. The number of thioether (sulfide) groups is 1. The topological polar surface area (TPSA) is 37.3 Å². The molecule has 0 aliphatic heterocycles. The Hall–Kier alpha value is -0.0200. The predicted octanol–water partition coefficient (Wildman–Crippen LogP) is 0.299. The summed E-state index contributed by atoms with van der Waals surface area (Å²) in [6, 6.07) is 0. The maximum absolute atomic E-state index is 10.3. The van der Waals surface area contributed by atoms with Crippen molar-refractivity contribution in [1.82, 2.24) is 0 Å².